The summed E-state index contributed by atoms with van der Waals surface area (Å²) in [4.78, 5) is 11.8. The van der Waals surface area contributed by atoms with Crippen molar-refractivity contribution in [2.75, 3.05) is 12.4 Å². The summed E-state index contributed by atoms with van der Waals surface area (Å²) in [6.07, 6.45) is 2.27. The predicted molar refractivity (Wildman–Crippen MR) is 73.4 cm³/mol. The molecule has 1 aromatic carbocycles. The Bertz CT molecular complexity index is 514. The van der Waals surface area contributed by atoms with Gasteiger partial charge >= 0.3 is 0 Å². The van der Waals surface area contributed by atoms with Gasteiger partial charge in [-0.05, 0) is 25.1 Å². The van der Waals surface area contributed by atoms with Gasteiger partial charge in [0.2, 0.25) is 0 Å². The van der Waals surface area contributed by atoms with Crippen molar-refractivity contribution in [3.8, 4) is 0 Å². The Hall–Kier alpha value is -1.69. The number of carbonyl (C=O) groups excluding carboxylic acids is 1. The van der Waals surface area contributed by atoms with Crippen LogP contribution in [0.5, 0.6) is 0 Å². The first kappa shape index (κ1) is 14.4. The third kappa shape index (κ3) is 3.16. The first-order chi connectivity index (χ1) is 8.51. The van der Waals surface area contributed by atoms with Crippen molar-refractivity contribution in [3.63, 3.8) is 0 Å². The van der Waals surface area contributed by atoms with Crippen molar-refractivity contribution in [2.45, 2.75) is 6.92 Å². The van der Waals surface area contributed by atoms with Gasteiger partial charge in [-0.25, -0.2) is 4.39 Å². The summed E-state index contributed by atoms with van der Waals surface area (Å²) in [6, 6.07) is 3.13. The highest BCUT2D eigenvalue weighted by atomic mass is 79.9. The molecule has 0 aliphatic heterocycles. The lowest BCUT2D eigenvalue weighted by atomic mass is 10.2. The topological polar surface area (TPSA) is 65.0 Å². The van der Waals surface area contributed by atoms with Gasteiger partial charge in [-0.15, -0.1) is 0 Å². The third-order valence-electron chi connectivity index (χ3n) is 2.33. The number of likely N-dealkylation sites (N-methyl/N-ethyl adjacent to an activating group) is 1. The zero-order chi connectivity index (χ0) is 13.7. The summed E-state index contributed by atoms with van der Waals surface area (Å²) in [5, 5.41) is 12.0. The molecule has 1 rings (SSSR count). The van der Waals surface area contributed by atoms with E-state index in [9.17, 15) is 9.18 Å². The molecule has 1 aromatic rings. The van der Waals surface area contributed by atoms with Crippen LogP contribution in [0.25, 0.3) is 0 Å². The number of allylic oxidation sites excluding steroid dienone is 1. The van der Waals surface area contributed by atoms with E-state index in [0.29, 0.717) is 10.0 Å². The Labute approximate surface area is 113 Å². The number of hydrogen-bond donors (Lipinski definition) is 3. The number of hydrogen-bond acceptors (Lipinski definition) is 3. The lowest BCUT2D eigenvalue weighted by Crippen LogP contribution is -2.23. The van der Waals surface area contributed by atoms with Gasteiger partial charge in [0.1, 0.15) is 5.70 Å². The quantitative estimate of drug-likeness (QED) is 0.591. The number of nitrogens with one attached hydrogen (secondary N) is 3. The van der Waals surface area contributed by atoms with E-state index in [-0.39, 0.29) is 11.4 Å². The summed E-state index contributed by atoms with van der Waals surface area (Å²) < 4.78 is 14.5. The summed E-state index contributed by atoms with van der Waals surface area (Å²) >= 11 is 3.21. The van der Waals surface area contributed by atoms with Crippen LogP contribution in [0, 0.1) is 18.2 Å². The maximum atomic E-state index is 13.8. The lowest BCUT2D eigenvalue weighted by molar-refractivity contribution is -0.113. The fraction of sp³-hybridized carbons (Fsp3) is 0.167. The minimum atomic E-state index is -0.498. The van der Waals surface area contributed by atoms with E-state index in [4.69, 9.17) is 5.41 Å². The summed E-state index contributed by atoms with van der Waals surface area (Å²) in [5.41, 5.74) is 0.714. The first-order valence-electron chi connectivity index (χ1n) is 5.15. The van der Waals surface area contributed by atoms with Crippen LogP contribution in [-0.2, 0) is 4.79 Å². The minimum absolute atomic E-state index is 0.104. The van der Waals surface area contributed by atoms with E-state index in [0.717, 1.165) is 6.21 Å². The highest BCUT2D eigenvalue weighted by molar-refractivity contribution is 9.10. The molecule has 6 heteroatoms. The molecular formula is C12H13BrFN3O. The number of amides is 1. The van der Waals surface area contributed by atoms with E-state index in [1.54, 1.807) is 20.0 Å². The normalized spacial score (nSPS) is 11.0. The molecule has 0 aliphatic carbocycles. The molecule has 0 heterocycles. The second kappa shape index (κ2) is 6.30. The molecule has 0 aromatic heterocycles. The Morgan fingerprint density at radius 2 is 2.17 bits per heavy atom. The number of carbonyl (C=O) groups is 1. The van der Waals surface area contributed by atoms with Crippen molar-refractivity contribution in [3.05, 3.63) is 39.8 Å². The van der Waals surface area contributed by atoms with Gasteiger partial charge in [0.25, 0.3) is 5.91 Å². The molecule has 3 N–H and O–H groups in total. The van der Waals surface area contributed by atoms with Crippen LogP contribution in [-0.4, -0.2) is 19.2 Å². The van der Waals surface area contributed by atoms with Gasteiger partial charge in [-0.1, -0.05) is 15.9 Å². The molecule has 0 atom stereocenters. The van der Waals surface area contributed by atoms with E-state index >= 15 is 0 Å². The Kier molecular flexibility index (Phi) is 5.03. The van der Waals surface area contributed by atoms with Crippen LogP contribution in [0.4, 0.5) is 10.1 Å². The van der Waals surface area contributed by atoms with Gasteiger partial charge in [0, 0.05) is 23.3 Å². The van der Waals surface area contributed by atoms with Crippen molar-refractivity contribution in [1.82, 2.24) is 5.32 Å². The number of rotatable bonds is 4. The molecule has 0 saturated heterocycles. The summed E-state index contributed by atoms with van der Waals surface area (Å²) in [5.74, 6) is -0.982. The average molecular weight is 314 g/mol. The van der Waals surface area contributed by atoms with Crippen molar-refractivity contribution >= 4 is 33.7 Å². The molecule has 0 spiro atoms. The number of anilines is 1. The molecule has 0 saturated carbocycles. The Morgan fingerprint density at radius 3 is 2.72 bits per heavy atom. The highest BCUT2D eigenvalue weighted by Gasteiger charge is 2.13. The lowest BCUT2D eigenvalue weighted by Gasteiger charge is -2.10. The second-order valence-corrected chi connectivity index (χ2v) is 4.34. The fourth-order valence-corrected chi connectivity index (χ4v) is 1.61. The first-order valence-corrected chi connectivity index (χ1v) is 5.95. The van der Waals surface area contributed by atoms with Crippen molar-refractivity contribution < 1.29 is 9.18 Å². The Balaban J connectivity index is 2.99. The van der Waals surface area contributed by atoms with Crippen LogP contribution in [0.2, 0.25) is 0 Å². The van der Waals surface area contributed by atoms with Crippen LogP contribution in [0.15, 0.2) is 28.4 Å². The summed E-state index contributed by atoms with van der Waals surface area (Å²) in [6.45, 7) is 1.61. The second-order valence-electron chi connectivity index (χ2n) is 3.49. The molecule has 0 bridgehead atoms. The molecule has 96 valence electrons. The van der Waals surface area contributed by atoms with E-state index < -0.39 is 11.7 Å². The number of halogens is 2. The smallest absolute Gasteiger partial charge is 0.271 e. The SMILES string of the molecule is CN/C(=C\C=N)C(=O)Nc1ccc(Br)c(C)c1F. The molecular weight excluding hydrogens is 301 g/mol. The van der Waals surface area contributed by atoms with Crippen LogP contribution >= 0.6 is 15.9 Å². The van der Waals surface area contributed by atoms with E-state index in [1.165, 1.54) is 12.1 Å². The summed E-state index contributed by atoms with van der Waals surface area (Å²) in [7, 11) is 1.55. The predicted octanol–water partition coefficient (Wildman–Crippen LogP) is 2.59. The zero-order valence-electron chi connectivity index (χ0n) is 9.97. The van der Waals surface area contributed by atoms with Crippen LogP contribution in [0.1, 0.15) is 5.56 Å². The zero-order valence-corrected chi connectivity index (χ0v) is 11.6. The van der Waals surface area contributed by atoms with Crippen molar-refractivity contribution in [1.29, 1.82) is 5.41 Å². The van der Waals surface area contributed by atoms with Crippen molar-refractivity contribution in [2.24, 2.45) is 0 Å². The van der Waals surface area contributed by atoms with E-state index in [2.05, 4.69) is 26.6 Å². The Morgan fingerprint density at radius 1 is 1.50 bits per heavy atom. The van der Waals surface area contributed by atoms with Gasteiger partial charge in [0.15, 0.2) is 5.82 Å². The molecule has 0 unspecified atom stereocenters. The maximum absolute atomic E-state index is 13.8. The van der Waals surface area contributed by atoms with Gasteiger partial charge in [-0.3, -0.25) is 4.79 Å². The largest absolute Gasteiger partial charge is 0.384 e. The minimum Gasteiger partial charge on any atom is -0.384 e. The monoisotopic (exact) mass is 313 g/mol. The van der Waals surface area contributed by atoms with Crippen LogP contribution in [0.3, 0.4) is 0 Å². The molecule has 0 fully saturated rings. The van der Waals surface area contributed by atoms with Gasteiger partial charge < -0.3 is 16.0 Å². The van der Waals surface area contributed by atoms with E-state index in [1.807, 2.05) is 0 Å². The molecule has 0 radical (unpaired) electrons. The van der Waals surface area contributed by atoms with Gasteiger partial charge in [0.05, 0.1) is 5.69 Å². The molecule has 1 amide bonds. The maximum Gasteiger partial charge on any atom is 0.271 e. The standard InChI is InChI=1S/C12H13BrFN3O/c1-7-8(13)3-4-9(11(7)14)17-12(18)10(16-2)5-6-15/h3-6,15-16H,1-2H3,(H,17,18)/b10-5-,15-6?. The van der Waals surface area contributed by atoms with Gasteiger partial charge in [-0.2, -0.15) is 0 Å². The van der Waals surface area contributed by atoms with Crippen LogP contribution < -0.4 is 10.6 Å². The molecule has 4 nitrogen and oxygen atoms in total. The molecule has 18 heavy (non-hydrogen) atoms. The fourth-order valence-electron chi connectivity index (χ4n) is 1.30. The highest BCUT2D eigenvalue weighted by Crippen LogP contribution is 2.25. The number of benzene rings is 1. The third-order valence-corrected chi connectivity index (χ3v) is 3.19. The average Bonchev–Trinajstić information content (AvgIpc) is 2.36. The molecule has 0 aliphatic rings.